The van der Waals surface area contributed by atoms with Crippen molar-refractivity contribution in [2.75, 3.05) is 19.7 Å². The second-order valence-electron chi connectivity index (χ2n) is 5.03. The van der Waals surface area contributed by atoms with E-state index in [1.54, 1.807) is 0 Å². The van der Waals surface area contributed by atoms with Crippen LogP contribution in [-0.2, 0) is 4.74 Å². The van der Waals surface area contributed by atoms with Crippen LogP contribution in [0.1, 0.15) is 38.5 Å². The Morgan fingerprint density at radius 1 is 1.33 bits per heavy atom. The Balaban J connectivity index is 1.80. The molecule has 2 rings (SSSR count). The fourth-order valence-corrected chi connectivity index (χ4v) is 2.83. The number of ether oxygens (including phenoxy) is 1. The first-order chi connectivity index (χ1) is 7.35. The molecule has 2 heteroatoms. The van der Waals surface area contributed by atoms with E-state index in [1.807, 2.05) is 6.08 Å². The van der Waals surface area contributed by atoms with Gasteiger partial charge in [0.05, 0.1) is 12.2 Å². The number of piperidine rings is 1. The van der Waals surface area contributed by atoms with Crippen molar-refractivity contribution in [1.82, 2.24) is 5.32 Å². The largest absolute Gasteiger partial charge is 0.371 e. The Morgan fingerprint density at radius 3 is 2.60 bits per heavy atom. The first kappa shape index (κ1) is 11.2. The molecule has 1 heterocycles. The average Bonchev–Trinajstić information content (AvgIpc) is 2.23. The van der Waals surface area contributed by atoms with Crippen molar-refractivity contribution in [3.05, 3.63) is 12.7 Å². The smallest absolute Gasteiger partial charge is 0.0689 e. The van der Waals surface area contributed by atoms with Crippen LogP contribution in [0.5, 0.6) is 0 Å². The summed E-state index contributed by atoms with van der Waals surface area (Å²) in [6, 6.07) is 0. The van der Waals surface area contributed by atoms with E-state index < -0.39 is 0 Å². The maximum Gasteiger partial charge on any atom is 0.0689 e. The van der Waals surface area contributed by atoms with Crippen LogP contribution in [-0.4, -0.2) is 25.3 Å². The molecule has 1 saturated carbocycles. The summed E-state index contributed by atoms with van der Waals surface area (Å²) in [4.78, 5) is 0. The van der Waals surface area contributed by atoms with Crippen molar-refractivity contribution in [3.63, 3.8) is 0 Å². The van der Waals surface area contributed by atoms with Gasteiger partial charge in [0.15, 0.2) is 0 Å². The zero-order valence-corrected chi connectivity index (χ0v) is 9.63. The molecule has 2 aliphatic rings. The molecule has 1 aliphatic carbocycles. The van der Waals surface area contributed by atoms with E-state index in [0.717, 1.165) is 12.5 Å². The van der Waals surface area contributed by atoms with Crippen LogP contribution in [0.15, 0.2) is 12.7 Å². The Labute approximate surface area is 93.1 Å². The molecule has 1 aliphatic heterocycles. The van der Waals surface area contributed by atoms with Crippen LogP contribution in [0.2, 0.25) is 0 Å². The first-order valence-electron chi connectivity index (χ1n) is 6.30. The second-order valence-corrected chi connectivity index (χ2v) is 5.03. The minimum absolute atomic E-state index is 0.232. The minimum atomic E-state index is 0.232. The summed E-state index contributed by atoms with van der Waals surface area (Å²) < 4.78 is 5.98. The highest BCUT2D eigenvalue weighted by molar-refractivity contribution is 4.93. The number of hydrogen-bond acceptors (Lipinski definition) is 2. The molecule has 0 radical (unpaired) electrons. The summed E-state index contributed by atoms with van der Waals surface area (Å²) in [6.45, 7) is 6.85. The summed E-state index contributed by atoms with van der Waals surface area (Å²) in [5.74, 6) is 0.886. The first-order valence-corrected chi connectivity index (χ1v) is 6.30. The van der Waals surface area contributed by atoms with Gasteiger partial charge in [-0.15, -0.1) is 6.58 Å². The molecule has 0 amide bonds. The van der Waals surface area contributed by atoms with Crippen molar-refractivity contribution in [1.29, 1.82) is 0 Å². The molecule has 2 fully saturated rings. The predicted molar refractivity (Wildman–Crippen MR) is 62.9 cm³/mol. The zero-order valence-electron chi connectivity index (χ0n) is 9.63. The normalized spacial score (nSPS) is 25.9. The summed E-state index contributed by atoms with van der Waals surface area (Å²) >= 11 is 0. The number of rotatable bonds is 5. The van der Waals surface area contributed by atoms with Crippen LogP contribution >= 0.6 is 0 Å². The topological polar surface area (TPSA) is 21.3 Å². The van der Waals surface area contributed by atoms with Crippen LogP contribution in [0.3, 0.4) is 0 Å². The molecular formula is C13H23NO. The van der Waals surface area contributed by atoms with Crippen molar-refractivity contribution in [2.24, 2.45) is 5.92 Å². The van der Waals surface area contributed by atoms with Crippen LogP contribution < -0.4 is 5.32 Å². The van der Waals surface area contributed by atoms with E-state index in [1.165, 1.54) is 51.6 Å². The van der Waals surface area contributed by atoms with Crippen molar-refractivity contribution >= 4 is 0 Å². The van der Waals surface area contributed by atoms with Gasteiger partial charge in [-0.2, -0.15) is 0 Å². The predicted octanol–water partition coefficient (Wildman–Crippen LogP) is 2.50. The van der Waals surface area contributed by atoms with Crippen molar-refractivity contribution < 1.29 is 4.74 Å². The van der Waals surface area contributed by atoms with Gasteiger partial charge in [0, 0.05) is 0 Å². The Hall–Kier alpha value is -0.340. The van der Waals surface area contributed by atoms with Gasteiger partial charge in [0.25, 0.3) is 0 Å². The molecule has 0 aromatic rings. The lowest BCUT2D eigenvalue weighted by atomic mass is 9.72. The summed E-state index contributed by atoms with van der Waals surface area (Å²) in [6.07, 6.45) is 9.71. The molecule has 1 N–H and O–H groups in total. The van der Waals surface area contributed by atoms with E-state index >= 15 is 0 Å². The highest BCUT2D eigenvalue weighted by Gasteiger charge is 2.39. The van der Waals surface area contributed by atoms with Gasteiger partial charge < -0.3 is 10.1 Å². The molecule has 15 heavy (non-hydrogen) atoms. The Morgan fingerprint density at radius 2 is 2.07 bits per heavy atom. The molecule has 0 bridgehead atoms. The van der Waals surface area contributed by atoms with Gasteiger partial charge in [-0.25, -0.2) is 0 Å². The lowest BCUT2D eigenvalue weighted by Crippen LogP contribution is -2.43. The number of nitrogens with one attached hydrogen (secondary N) is 1. The molecule has 2 nitrogen and oxygen atoms in total. The van der Waals surface area contributed by atoms with E-state index in [0.29, 0.717) is 0 Å². The maximum absolute atomic E-state index is 5.98. The molecule has 0 aromatic carbocycles. The van der Waals surface area contributed by atoms with Crippen LogP contribution in [0.4, 0.5) is 0 Å². The van der Waals surface area contributed by atoms with Crippen LogP contribution in [0, 0.1) is 5.92 Å². The highest BCUT2D eigenvalue weighted by Crippen LogP contribution is 2.42. The molecule has 0 spiro atoms. The fraction of sp³-hybridized carbons (Fsp3) is 0.846. The van der Waals surface area contributed by atoms with E-state index in [4.69, 9.17) is 4.74 Å². The van der Waals surface area contributed by atoms with Crippen molar-refractivity contribution in [2.45, 2.75) is 44.1 Å². The standard InChI is InChI=1S/C13H23NO/c1-2-10-15-13(6-3-7-13)11-12-4-8-14-9-5-12/h2,12,14H,1,3-11H2. The summed E-state index contributed by atoms with van der Waals surface area (Å²) in [5, 5.41) is 3.42. The lowest BCUT2D eigenvalue weighted by Gasteiger charge is -2.44. The third kappa shape index (κ3) is 2.82. The molecule has 0 unspecified atom stereocenters. The minimum Gasteiger partial charge on any atom is -0.371 e. The number of hydrogen-bond donors (Lipinski definition) is 1. The summed E-state index contributed by atoms with van der Waals surface area (Å²) in [5.41, 5.74) is 0.232. The Bertz CT molecular complexity index is 205. The average molecular weight is 209 g/mol. The SMILES string of the molecule is C=CCOC1(CC2CCNCC2)CCC1. The lowest BCUT2D eigenvalue weighted by molar-refractivity contribution is -0.105. The fourth-order valence-electron chi connectivity index (χ4n) is 2.83. The van der Waals surface area contributed by atoms with Gasteiger partial charge in [-0.05, 0) is 57.5 Å². The van der Waals surface area contributed by atoms with Gasteiger partial charge in [0.2, 0.25) is 0 Å². The van der Waals surface area contributed by atoms with E-state index in [9.17, 15) is 0 Å². The Kier molecular flexibility index (Phi) is 3.81. The molecule has 1 saturated heterocycles. The maximum atomic E-state index is 5.98. The van der Waals surface area contributed by atoms with Gasteiger partial charge in [0.1, 0.15) is 0 Å². The monoisotopic (exact) mass is 209 g/mol. The quantitative estimate of drug-likeness (QED) is 0.702. The molecule has 86 valence electrons. The van der Waals surface area contributed by atoms with E-state index in [-0.39, 0.29) is 5.60 Å². The highest BCUT2D eigenvalue weighted by atomic mass is 16.5. The molecular weight excluding hydrogens is 186 g/mol. The zero-order chi connectivity index (χ0) is 10.6. The van der Waals surface area contributed by atoms with Crippen molar-refractivity contribution in [3.8, 4) is 0 Å². The summed E-state index contributed by atoms with van der Waals surface area (Å²) in [7, 11) is 0. The second kappa shape index (κ2) is 5.13. The van der Waals surface area contributed by atoms with Gasteiger partial charge >= 0.3 is 0 Å². The van der Waals surface area contributed by atoms with Gasteiger partial charge in [-0.3, -0.25) is 0 Å². The van der Waals surface area contributed by atoms with Crippen LogP contribution in [0.25, 0.3) is 0 Å². The van der Waals surface area contributed by atoms with Gasteiger partial charge in [-0.1, -0.05) is 6.08 Å². The third-order valence-electron chi connectivity index (χ3n) is 3.89. The van der Waals surface area contributed by atoms with E-state index in [2.05, 4.69) is 11.9 Å². The third-order valence-corrected chi connectivity index (χ3v) is 3.89. The molecule has 0 aromatic heterocycles. The molecule has 0 atom stereocenters.